The summed E-state index contributed by atoms with van der Waals surface area (Å²) < 4.78 is 1.89. The Hall–Kier alpha value is -2.56. The van der Waals surface area contributed by atoms with Gasteiger partial charge in [-0.2, -0.15) is 0 Å². The van der Waals surface area contributed by atoms with Gasteiger partial charge in [-0.3, -0.25) is 4.79 Å². The number of amides is 2. The number of nitrogens with zero attached hydrogens (tertiary/aromatic N) is 2. The molecule has 1 fully saturated rings. The Morgan fingerprint density at radius 3 is 2.58 bits per heavy atom. The van der Waals surface area contributed by atoms with Crippen molar-refractivity contribution in [2.45, 2.75) is 38.6 Å². The van der Waals surface area contributed by atoms with Gasteiger partial charge in [0.2, 0.25) is 0 Å². The second-order valence-electron chi connectivity index (χ2n) is 7.81. The standard InChI is InChI=1S/C21H25N3O2/c1-14(2)16-6-8-18(9-7-16)22-21(26)23-11-15-10-17(13-23)19-4-3-5-20(25)24(19)12-15/h3-9,14-15,17H,10-13H2,1-2H3,(H,22,26)/t15-,17-/m0/s1. The van der Waals surface area contributed by atoms with Gasteiger partial charge in [-0.15, -0.1) is 0 Å². The molecule has 0 saturated carbocycles. The lowest BCUT2D eigenvalue weighted by atomic mass is 9.83. The van der Waals surface area contributed by atoms with E-state index in [1.165, 1.54) is 5.56 Å². The Labute approximate surface area is 153 Å². The van der Waals surface area contributed by atoms with E-state index in [-0.39, 0.29) is 17.5 Å². The summed E-state index contributed by atoms with van der Waals surface area (Å²) in [6.45, 7) is 6.38. The summed E-state index contributed by atoms with van der Waals surface area (Å²) in [6, 6.07) is 13.5. The van der Waals surface area contributed by atoms with E-state index in [2.05, 4.69) is 31.3 Å². The lowest BCUT2D eigenvalue weighted by Gasteiger charge is -2.42. The van der Waals surface area contributed by atoms with E-state index in [4.69, 9.17) is 0 Å². The van der Waals surface area contributed by atoms with Gasteiger partial charge in [0.25, 0.3) is 5.56 Å². The lowest BCUT2D eigenvalue weighted by molar-refractivity contribution is 0.139. The van der Waals surface area contributed by atoms with Crippen molar-refractivity contribution in [1.82, 2.24) is 9.47 Å². The molecule has 5 nitrogen and oxygen atoms in total. The van der Waals surface area contributed by atoms with Gasteiger partial charge in [-0.05, 0) is 42.0 Å². The number of benzene rings is 1. The number of carbonyl (C=O) groups excluding carboxylic acids is 1. The number of hydrogen-bond donors (Lipinski definition) is 1. The summed E-state index contributed by atoms with van der Waals surface area (Å²) in [6.07, 6.45) is 1.05. The smallest absolute Gasteiger partial charge is 0.321 e. The summed E-state index contributed by atoms with van der Waals surface area (Å²) >= 11 is 0. The summed E-state index contributed by atoms with van der Waals surface area (Å²) in [7, 11) is 0. The van der Waals surface area contributed by atoms with Crippen molar-refractivity contribution in [3.63, 3.8) is 0 Å². The zero-order valence-electron chi connectivity index (χ0n) is 15.3. The number of hydrogen-bond acceptors (Lipinski definition) is 2. The quantitative estimate of drug-likeness (QED) is 0.898. The van der Waals surface area contributed by atoms with E-state index in [0.29, 0.717) is 31.5 Å². The lowest BCUT2D eigenvalue weighted by Crippen LogP contribution is -2.50. The molecule has 0 aliphatic carbocycles. The topological polar surface area (TPSA) is 54.3 Å². The molecule has 1 N–H and O–H groups in total. The van der Waals surface area contributed by atoms with Gasteiger partial charge in [-0.1, -0.05) is 32.0 Å². The number of fused-ring (bicyclic) bond motifs is 4. The molecule has 2 aromatic rings. The Balaban J connectivity index is 1.48. The maximum atomic E-state index is 12.7. The highest BCUT2D eigenvalue weighted by atomic mass is 16.2. The molecule has 0 radical (unpaired) electrons. The Bertz CT molecular complexity index is 870. The fourth-order valence-electron chi connectivity index (χ4n) is 4.22. The zero-order valence-corrected chi connectivity index (χ0v) is 15.3. The maximum Gasteiger partial charge on any atom is 0.321 e. The minimum Gasteiger partial charge on any atom is -0.324 e. The molecule has 2 aliphatic heterocycles. The second-order valence-corrected chi connectivity index (χ2v) is 7.81. The first kappa shape index (κ1) is 16.9. The van der Waals surface area contributed by atoms with Crippen LogP contribution in [0.25, 0.3) is 0 Å². The number of nitrogens with one attached hydrogen (secondary N) is 1. The molecule has 4 rings (SSSR count). The molecular weight excluding hydrogens is 326 g/mol. The number of likely N-dealkylation sites (tertiary alicyclic amines) is 1. The molecule has 26 heavy (non-hydrogen) atoms. The first-order valence-electron chi connectivity index (χ1n) is 9.37. The van der Waals surface area contributed by atoms with Crippen molar-refractivity contribution in [3.8, 4) is 0 Å². The average Bonchev–Trinajstić information content (AvgIpc) is 2.63. The largest absolute Gasteiger partial charge is 0.324 e. The molecule has 2 amide bonds. The van der Waals surface area contributed by atoms with Crippen LogP contribution in [0.5, 0.6) is 0 Å². The number of pyridine rings is 1. The number of urea groups is 1. The third-order valence-corrected chi connectivity index (χ3v) is 5.60. The molecule has 1 saturated heterocycles. The molecule has 2 aliphatic rings. The van der Waals surface area contributed by atoms with E-state index >= 15 is 0 Å². The van der Waals surface area contributed by atoms with Gasteiger partial charge < -0.3 is 14.8 Å². The number of rotatable bonds is 2. The highest BCUT2D eigenvalue weighted by Gasteiger charge is 2.36. The Morgan fingerprint density at radius 2 is 1.85 bits per heavy atom. The van der Waals surface area contributed by atoms with Crippen LogP contribution in [0.1, 0.15) is 43.4 Å². The Morgan fingerprint density at radius 1 is 1.08 bits per heavy atom. The molecule has 136 valence electrons. The first-order valence-corrected chi connectivity index (χ1v) is 9.37. The number of anilines is 1. The van der Waals surface area contributed by atoms with Crippen LogP contribution in [0, 0.1) is 5.92 Å². The van der Waals surface area contributed by atoms with Crippen molar-refractivity contribution in [2.24, 2.45) is 5.92 Å². The van der Waals surface area contributed by atoms with E-state index in [9.17, 15) is 9.59 Å². The van der Waals surface area contributed by atoms with Gasteiger partial charge in [0, 0.05) is 43.0 Å². The van der Waals surface area contributed by atoms with E-state index < -0.39 is 0 Å². The van der Waals surface area contributed by atoms with E-state index in [0.717, 1.165) is 17.8 Å². The summed E-state index contributed by atoms with van der Waals surface area (Å²) in [5.41, 5.74) is 3.22. The van der Waals surface area contributed by atoms with Crippen molar-refractivity contribution in [1.29, 1.82) is 0 Å². The van der Waals surface area contributed by atoms with Crippen molar-refractivity contribution in [2.75, 3.05) is 18.4 Å². The molecule has 1 aromatic heterocycles. The summed E-state index contributed by atoms with van der Waals surface area (Å²) in [4.78, 5) is 26.7. The minimum absolute atomic E-state index is 0.0521. The second kappa shape index (κ2) is 6.63. The highest BCUT2D eigenvalue weighted by molar-refractivity contribution is 5.89. The SMILES string of the molecule is CC(C)c1ccc(NC(=O)N2C[C@@H]3C[C@@H](C2)c2cccc(=O)n2C3)cc1. The van der Waals surface area contributed by atoms with Crippen LogP contribution in [0.2, 0.25) is 0 Å². The van der Waals surface area contributed by atoms with Gasteiger partial charge in [0.05, 0.1) is 0 Å². The van der Waals surface area contributed by atoms with Crippen molar-refractivity contribution in [3.05, 3.63) is 64.1 Å². The molecule has 2 bridgehead atoms. The monoisotopic (exact) mass is 351 g/mol. The van der Waals surface area contributed by atoms with Gasteiger partial charge >= 0.3 is 6.03 Å². The normalized spacial score (nSPS) is 21.4. The molecule has 1 aromatic carbocycles. The first-order chi connectivity index (χ1) is 12.5. The predicted molar refractivity (Wildman–Crippen MR) is 103 cm³/mol. The van der Waals surface area contributed by atoms with Crippen molar-refractivity contribution >= 4 is 11.7 Å². The highest BCUT2D eigenvalue weighted by Crippen LogP contribution is 2.35. The fraction of sp³-hybridized carbons (Fsp3) is 0.429. The van der Waals surface area contributed by atoms with Gasteiger partial charge in [-0.25, -0.2) is 4.79 Å². The third-order valence-electron chi connectivity index (χ3n) is 5.60. The molecular formula is C21H25N3O2. The minimum atomic E-state index is -0.0521. The van der Waals surface area contributed by atoms with E-state index in [1.54, 1.807) is 6.07 Å². The van der Waals surface area contributed by atoms with Crippen molar-refractivity contribution < 1.29 is 4.79 Å². The summed E-state index contributed by atoms with van der Waals surface area (Å²) in [5, 5.41) is 3.02. The van der Waals surface area contributed by atoms with Crippen LogP contribution in [-0.2, 0) is 6.54 Å². The van der Waals surface area contributed by atoms with Crippen LogP contribution in [0.4, 0.5) is 10.5 Å². The van der Waals surface area contributed by atoms with Crippen LogP contribution < -0.4 is 10.9 Å². The Kier molecular flexibility index (Phi) is 4.31. The number of aromatic nitrogens is 1. The molecule has 2 atom stereocenters. The van der Waals surface area contributed by atoms with Crippen LogP contribution in [-0.4, -0.2) is 28.6 Å². The van der Waals surface area contributed by atoms with E-state index in [1.807, 2.05) is 33.7 Å². The fourth-order valence-corrected chi connectivity index (χ4v) is 4.22. The molecule has 0 unspecified atom stereocenters. The summed E-state index contributed by atoms with van der Waals surface area (Å²) in [5.74, 6) is 1.06. The number of piperidine rings is 1. The van der Waals surface area contributed by atoms with Crippen LogP contribution in [0.15, 0.2) is 47.3 Å². The van der Waals surface area contributed by atoms with Crippen LogP contribution >= 0.6 is 0 Å². The third kappa shape index (κ3) is 3.14. The maximum absolute atomic E-state index is 12.7. The molecule has 3 heterocycles. The predicted octanol–water partition coefficient (Wildman–Crippen LogP) is 3.62. The van der Waals surface area contributed by atoms with Gasteiger partial charge in [0.15, 0.2) is 0 Å². The molecule has 0 spiro atoms. The number of carbonyl (C=O) groups is 1. The molecule has 5 heteroatoms. The average molecular weight is 351 g/mol. The van der Waals surface area contributed by atoms with Crippen LogP contribution in [0.3, 0.4) is 0 Å². The van der Waals surface area contributed by atoms with Gasteiger partial charge in [0.1, 0.15) is 0 Å². The zero-order chi connectivity index (χ0) is 18.3.